The van der Waals surface area contributed by atoms with Crippen molar-refractivity contribution in [1.82, 2.24) is 4.57 Å². The highest BCUT2D eigenvalue weighted by atomic mass is 32.2. The van der Waals surface area contributed by atoms with Crippen molar-refractivity contribution in [3.05, 3.63) is 94.4 Å². The molecule has 0 amide bonds. The van der Waals surface area contributed by atoms with Crippen LogP contribution in [0.15, 0.2) is 66.1 Å². The summed E-state index contributed by atoms with van der Waals surface area (Å²) < 4.78 is 55.5. The maximum absolute atomic E-state index is 14.4. The Labute approximate surface area is 196 Å². The third-order valence-electron chi connectivity index (χ3n) is 5.05. The molecule has 0 bridgehead atoms. The third kappa shape index (κ3) is 5.40. The van der Waals surface area contributed by atoms with E-state index in [4.69, 9.17) is 0 Å². The highest BCUT2D eigenvalue weighted by Crippen LogP contribution is 2.31. The number of nitrogens with zero attached hydrogens (tertiary/aromatic N) is 2. The van der Waals surface area contributed by atoms with Crippen LogP contribution >= 0.6 is 0 Å². The standard InChI is InChI=1S/C24H23F2N3O4S/c1-5-23(30)29-14-16(12-22(24(29)31)28(2)3)18-13-17(27-34(4,32)33)10-9-15(18)11-19-20(25)7-6-8-21(19)26/h5-10,12-14,27H,1,11H2,2-4H3. The number of halogens is 2. The summed E-state index contributed by atoms with van der Waals surface area (Å²) in [5.74, 6) is -2.13. The van der Waals surface area contributed by atoms with Crippen molar-refractivity contribution in [2.24, 2.45) is 0 Å². The molecule has 0 fully saturated rings. The molecule has 1 aromatic heterocycles. The molecule has 0 saturated heterocycles. The van der Waals surface area contributed by atoms with Gasteiger partial charge in [-0.1, -0.05) is 18.7 Å². The van der Waals surface area contributed by atoms with Crippen LogP contribution in [0.25, 0.3) is 11.1 Å². The van der Waals surface area contributed by atoms with E-state index in [2.05, 4.69) is 11.3 Å². The number of pyridine rings is 1. The van der Waals surface area contributed by atoms with Gasteiger partial charge in [0.1, 0.15) is 17.3 Å². The molecule has 0 saturated carbocycles. The van der Waals surface area contributed by atoms with Gasteiger partial charge in [-0.3, -0.25) is 14.3 Å². The zero-order valence-corrected chi connectivity index (χ0v) is 19.6. The zero-order valence-electron chi connectivity index (χ0n) is 18.8. The molecular formula is C24H23F2N3O4S. The molecule has 0 aliphatic heterocycles. The average molecular weight is 488 g/mol. The van der Waals surface area contributed by atoms with Gasteiger partial charge in [0.15, 0.2) is 0 Å². The van der Waals surface area contributed by atoms with Gasteiger partial charge >= 0.3 is 0 Å². The minimum absolute atomic E-state index is 0.154. The van der Waals surface area contributed by atoms with Gasteiger partial charge < -0.3 is 4.90 Å². The second-order valence-corrected chi connectivity index (χ2v) is 9.60. The summed E-state index contributed by atoms with van der Waals surface area (Å²) in [7, 11) is -0.365. The number of hydrogen-bond donors (Lipinski definition) is 1. The molecule has 1 heterocycles. The van der Waals surface area contributed by atoms with Gasteiger partial charge in [0.2, 0.25) is 10.0 Å². The lowest BCUT2D eigenvalue weighted by molar-refractivity contribution is 0.0965. The first-order chi connectivity index (χ1) is 15.9. The molecule has 0 aliphatic carbocycles. The summed E-state index contributed by atoms with van der Waals surface area (Å²) in [5, 5.41) is 0. The van der Waals surface area contributed by atoms with Crippen LogP contribution in [0.2, 0.25) is 0 Å². The Balaban J connectivity index is 2.30. The molecule has 3 aromatic rings. The van der Waals surface area contributed by atoms with E-state index in [1.54, 1.807) is 14.1 Å². The Bertz CT molecular complexity index is 1430. The van der Waals surface area contributed by atoms with Crippen molar-refractivity contribution < 1.29 is 22.0 Å². The Kier molecular flexibility index (Phi) is 7.01. The number of anilines is 2. The first-order valence-corrected chi connectivity index (χ1v) is 11.9. The molecule has 34 heavy (non-hydrogen) atoms. The lowest BCUT2D eigenvalue weighted by atomic mass is 9.94. The van der Waals surface area contributed by atoms with Crippen LogP contribution in [-0.4, -0.2) is 39.2 Å². The number of nitrogens with one attached hydrogen (secondary N) is 1. The summed E-state index contributed by atoms with van der Waals surface area (Å²) in [5.41, 5.74) is 0.824. The number of aromatic nitrogens is 1. The quantitative estimate of drug-likeness (QED) is 0.514. The minimum Gasteiger partial charge on any atom is -0.373 e. The van der Waals surface area contributed by atoms with Crippen LogP contribution in [0, 0.1) is 11.6 Å². The Morgan fingerprint density at radius 2 is 1.79 bits per heavy atom. The van der Waals surface area contributed by atoms with Crippen LogP contribution in [0.5, 0.6) is 0 Å². The van der Waals surface area contributed by atoms with Crippen LogP contribution in [0.4, 0.5) is 20.2 Å². The molecule has 0 unspecified atom stereocenters. The van der Waals surface area contributed by atoms with E-state index in [1.165, 1.54) is 41.4 Å². The van der Waals surface area contributed by atoms with Crippen LogP contribution < -0.4 is 15.2 Å². The summed E-state index contributed by atoms with van der Waals surface area (Å²) in [6.45, 7) is 3.42. The highest BCUT2D eigenvalue weighted by Gasteiger charge is 2.18. The van der Waals surface area contributed by atoms with Crippen molar-refractivity contribution in [2.45, 2.75) is 6.42 Å². The third-order valence-corrected chi connectivity index (χ3v) is 5.65. The summed E-state index contributed by atoms with van der Waals surface area (Å²) in [4.78, 5) is 26.6. The normalized spacial score (nSPS) is 11.2. The predicted molar refractivity (Wildman–Crippen MR) is 129 cm³/mol. The fourth-order valence-corrected chi connectivity index (χ4v) is 4.02. The average Bonchev–Trinajstić information content (AvgIpc) is 2.75. The number of sulfonamides is 1. The van der Waals surface area contributed by atoms with Crippen molar-refractivity contribution in [3.63, 3.8) is 0 Å². The molecule has 2 aromatic carbocycles. The second kappa shape index (κ2) is 9.60. The van der Waals surface area contributed by atoms with Gasteiger partial charge in [0.25, 0.3) is 11.5 Å². The van der Waals surface area contributed by atoms with E-state index in [0.29, 0.717) is 16.7 Å². The predicted octanol–water partition coefficient (Wildman–Crippen LogP) is 3.65. The molecular weight excluding hydrogens is 464 g/mol. The maximum Gasteiger partial charge on any atom is 0.281 e. The lowest BCUT2D eigenvalue weighted by Crippen LogP contribution is -2.30. The molecule has 0 spiro atoms. The Hall–Kier alpha value is -3.79. The van der Waals surface area contributed by atoms with Crippen molar-refractivity contribution in [3.8, 4) is 11.1 Å². The Morgan fingerprint density at radius 1 is 1.15 bits per heavy atom. The van der Waals surface area contributed by atoms with Gasteiger partial charge in [-0.15, -0.1) is 0 Å². The van der Waals surface area contributed by atoms with E-state index in [9.17, 15) is 26.8 Å². The van der Waals surface area contributed by atoms with Gasteiger partial charge in [-0.25, -0.2) is 21.8 Å². The first-order valence-electron chi connectivity index (χ1n) is 10.1. The van der Waals surface area contributed by atoms with E-state index in [-0.39, 0.29) is 23.4 Å². The number of carbonyl (C=O) groups is 1. The van der Waals surface area contributed by atoms with Crippen molar-refractivity contribution >= 4 is 27.3 Å². The van der Waals surface area contributed by atoms with Crippen molar-refractivity contribution in [2.75, 3.05) is 30.0 Å². The lowest BCUT2D eigenvalue weighted by Gasteiger charge is -2.18. The van der Waals surface area contributed by atoms with Gasteiger partial charge in [0, 0.05) is 43.5 Å². The summed E-state index contributed by atoms with van der Waals surface area (Å²) >= 11 is 0. The first kappa shape index (κ1) is 24.8. The number of allylic oxidation sites excluding steroid dienone is 1. The fourth-order valence-electron chi connectivity index (χ4n) is 3.47. The zero-order chi connectivity index (χ0) is 25.2. The molecule has 178 valence electrons. The van der Waals surface area contributed by atoms with Gasteiger partial charge in [0.05, 0.1) is 6.26 Å². The second-order valence-electron chi connectivity index (χ2n) is 7.85. The van der Waals surface area contributed by atoms with Crippen molar-refractivity contribution in [1.29, 1.82) is 0 Å². The molecule has 7 nitrogen and oxygen atoms in total. The monoisotopic (exact) mass is 487 g/mol. The highest BCUT2D eigenvalue weighted by molar-refractivity contribution is 7.92. The van der Waals surface area contributed by atoms with E-state index < -0.39 is 33.1 Å². The van der Waals surface area contributed by atoms with Gasteiger partial charge in [-0.05, 0) is 47.5 Å². The molecule has 3 rings (SSSR count). The molecule has 0 aliphatic rings. The van der Waals surface area contributed by atoms with Gasteiger partial charge in [-0.2, -0.15) is 0 Å². The summed E-state index contributed by atoms with van der Waals surface area (Å²) in [6, 6.07) is 9.56. The van der Waals surface area contributed by atoms with Crippen LogP contribution in [-0.2, 0) is 16.4 Å². The molecule has 1 N–H and O–H groups in total. The topological polar surface area (TPSA) is 88.5 Å². The van der Waals surface area contributed by atoms with Crippen LogP contribution in [0.1, 0.15) is 15.9 Å². The molecule has 0 radical (unpaired) electrons. The van der Waals surface area contributed by atoms with E-state index in [0.717, 1.165) is 29.0 Å². The largest absolute Gasteiger partial charge is 0.373 e. The SMILES string of the molecule is C=CC(=O)n1cc(-c2cc(NS(C)(=O)=O)ccc2Cc2c(F)cccc2F)cc(N(C)C)c1=O. The number of benzene rings is 2. The number of carbonyl (C=O) groups excluding carboxylic acids is 1. The van der Waals surface area contributed by atoms with E-state index in [1.807, 2.05) is 0 Å². The molecule has 10 heteroatoms. The summed E-state index contributed by atoms with van der Waals surface area (Å²) in [6.07, 6.45) is 3.11. The number of hydrogen-bond acceptors (Lipinski definition) is 5. The van der Waals surface area contributed by atoms with E-state index >= 15 is 0 Å². The minimum atomic E-state index is -3.62. The Morgan fingerprint density at radius 3 is 2.35 bits per heavy atom. The molecule has 0 atom stereocenters. The fraction of sp³-hybridized carbons (Fsp3) is 0.167. The van der Waals surface area contributed by atoms with Crippen LogP contribution in [0.3, 0.4) is 0 Å². The smallest absolute Gasteiger partial charge is 0.281 e. The maximum atomic E-state index is 14.4. The number of rotatable bonds is 7.